The summed E-state index contributed by atoms with van der Waals surface area (Å²) < 4.78 is 0. The Labute approximate surface area is 114 Å². The van der Waals surface area contributed by atoms with Crippen molar-refractivity contribution < 1.29 is 0 Å². The van der Waals surface area contributed by atoms with Crippen molar-refractivity contribution in [3.63, 3.8) is 0 Å². The molecule has 0 heterocycles. The Kier molecular flexibility index (Phi) is 4.53. The summed E-state index contributed by atoms with van der Waals surface area (Å²) >= 11 is 7.47. The van der Waals surface area contributed by atoms with Gasteiger partial charge in [-0.3, -0.25) is 0 Å². The quantitative estimate of drug-likeness (QED) is 0.311. The molecule has 0 saturated heterocycles. The second-order valence-corrected chi connectivity index (χ2v) is 5.03. The van der Waals surface area contributed by atoms with Crippen LogP contribution in [0.25, 0.3) is 10.4 Å². The minimum atomic E-state index is 0.666. The van der Waals surface area contributed by atoms with Crippen LogP contribution in [-0.4, -0.2) is 0 Å². The van der Waals surface area contributed by atoms with E-state index in [4.69, 9.17) is 17.1 Å². The minimum Gasteiger partial charge on any atom is -0.121 e. The summed E-state index contributed by atoms with van der Waals surface area (Å²) in [5.74, 6) is 0.815. The van der Waals surface area contributed by atoms with E-state index in [0.29, 0.717) is 5.69 Å². The number of nitrogens with zero attached hydrogens (tertiary/aromatic N) is 3. The molecule has 0 atom stereocenters. The van der Waals surface area contributed by atoms with Gasteiger partial charge in [-0.05, 0) is 29.3 Å². The summed E-state index contributed by atoms with van der Waals surface area (Å²) in [6, 6.07) is 15.3. The molecule has 2 rings (SSSR count). The van der Waals surface area contributed by atoms with E-state index in [1.54, 1.807) is 11.8 Å². The van der Waals surface area contributed by atoms with Crippen molar-refractivity contribution >= 4 is 29.1 Å². The number of azide groups is 1. The van der Waals surface area contributed by atoms with Gasteiger partial charge < -0.3 is 0 Å². The monoisotopic (exact) mass is 275 g/mol. The van der Waals surface area contributed by atoms with E-state index < -0.39 is 0 Å². The molecule has 0 amide bonds. The Bertz CT molecular complexity index is 577. The summed E-state index contributed by atoms with van der Waals surface area (Å²) in [4.78, 5) is 3.80. The van der Waals surface area contributed by atoms with Gasteiger partial charge in [0.05, 0.1) is 5.69 Å². The molecule has 18 heavy (non-hydrogen) atoms. The number of rotatable bonds is 4. The zero-order chi connectivity index (χ0) is 12.8. The van der Waals surface area contributed by atoms with Gasteiger partial charge in [0.15, 0.2) is 0 Å². The predicted molar refractivity (Wildman–Crippen MR) is 76.3 cm³/mol. The lowest BCUT2D eigenvalue weighted by molar-refractivity contribution is 1.33. The highest BCUT2D eigenvalue weighted by Gasteiger charge is 2.01. The highest BCUT2D eigenvalue weighted by atomic mass is 35.5. The molecule has 3 nitrogen and oxygen atoms in total. The molecule has 90 valence electrons. The van der Waals surface area contributed by atoms with Crippen LogP contribution in [0.4, 0.5) is 5.69 Å². The van der Waals surface area contributed by atoms with E-state index in [1.807, 2.05) is 48.5 Å². The SMILES string of the molecule is [N-]=[N+]=Nc1ccccc1SCc1ccc(Cl)cc1. The molecule has 0 saturated carbocycles. The molecule has 2 aromatic rings. The average molecular weight is 276 g/mol. The van der Waals surface area contributed by atoms with Crippen LogP contribution in [0.15, 0.2) is 58.5 Å². The molecule has 0 spiro atoms. The Morgan fingerprint density at radius 1 is 1.11 bits per heavy atom. The molecule has 0 aliphatic heterocycles. The van der Waals surface area contributed by atoms with E-state index in [2.05, 4.69) is 10.0 Å². The van der Waals surface area contributed by atoms with Crippen LogP contribution in [0.2, 0.25) is 5.02 Å². The first-order valence-corrected chi connectivity index (χ1v) is 6.67. The van der Waals surface area contributed by atoms with E-state index in [0.717, 1.165) is 15.7 Å². The highest BCUT2D eigenvalue weighted by molar-refractivity contribution is 7.98. The summed E-state index contributed by atoms with van der Waals surface area (Å²) in [5.41, 5.74) is 10.3. The Balaban J connectivity index is 2.10. The zero-order valence-electron chi connectivity index (χ0n) is 9.45. The van der Waals surface area contributed by atoms with Crippen molar-refractivity contribution in [2.75, 3.05) is 0 Å². The molecule has 0 aromatic heterocycles. The van der Waals surface area contributed by atoms with Crippen LogP contribution in [0.3, 0.4) is 0 Å². The van der Waals surface area contributed by atoms with E-state index in [-0.39, 0.29) is 0 Å². The standard InChI is InChI=1S/C13H10ClN3S/c14-11-7-5-10(6-8-11)9-18-13-4-2-1-3-12(13)16-17-15/h1-8H,9H2. The minimum absolute atomic E-state index is 0.666. The highest BCUT2D eigenvalue weighted by Crippen LogP contribution is 2.31. The van der Waals surface area contributed by atoms with Gasteiger partial charge in [0.25, 0.3) is 0 Å². The molecule has 5 heteroatoms. The third-order valence-corrected chi connectivity index (χ3v) is 3.71. The first kappa shape index (κ1) is 12.8. The number of hydrogen-bond acceptors (Lipinski definition) is 2. The first-order valence-electron chi connectivity index (χ1n) is 5.31. The van der Waals surface area contributed by atoms with Gasteiger partial charge in [-0.15, -0.1) is 11.8 Å². The maximum absolute atomic E-state index is 8.49. The van der Waals surface area contributed by atoms with Crippen LogP contribution in [-0.2, 0) is 5.75 Å². The molecule has 2 aromatic carbocycles. The Hall–Kier alpha value is -1.61. The second kappa shape index (κ2) is 6.36. The van der Waals surface area contributed by atoms with Gasteiger partial charge in [-0.2, -0.15) is 0 Å². The summed E-state index contributed by atoms with van der Waals surface area (Å²) in [6.07, 6.45) is 0. The summed E-state index contributed by atoms with van der Waals surface area (Å²) in [6.45, 7) is 0. The molecule has 0 aliphatic rings. The lowest BCUT2D eigenvalue weighted by Gasteiger charge is -2.05. The van der Waals surface area contributed by atoms with Crippen molar-refractivity contribution in [1.29, 1.82) is 0 Å². The molecule has 0 N–H and O–H groups in total. The van der Waals surface area contributed by atoms with Crippen molar-refractivity contribution in [3.8, 4) is 0 Å². The van der Waals surface area contributed by atoms with E-state index >= 15 is 0 Å². The van der Waals surface area contributed by atoms with Gasteiger partial charge in [0, 0.05) is 20.6 Å². The average Bonchev–Trinajstić information content (AvgIpc) is 2.40. The lowest BCUT2D eigenvalue weighted by atomic mass is 10.2. The fraction of sp³-hybridized carbons (Fsp3) is 0.0769. The molecular formula is C13H10ClN3S. The fourth-order valence-electron chi connectivity index (χ4n) is 1.45. The summed E-state index contributed by atoms with van der Waals surface area (Å²) in [5, 5.41) is 4.41. The number of thioether (sulfide) groups is 1. The third kappa shape index (κ3) is 3.44. The van der Waals surface area contributed by atoms with Crippen LogP contribution >= 0.6 is 23.4 Å². The van der Waals surface area contributed by atoms with E-state index in [9.17, 15) is 0 Å². The summed E-state index contributed by atoms with van der Waals surface area (Å²) in [7, 11) is 0. The number of hydrogen-bond donors (Lipinski definition) is 0. The maximum Gasteiger partial charge on any atom is 0.0511 e. The molecule has 0 fully saturated rings. The third-order valence-electron chi connectivity index (χ3n) is 2.33. The van der Waals surface area contributed by atoms with Gasteiger partial charge in [-0.25, -0.2) is 0 Å². The predicted octanol–water partition coefficient (Wildman–Crippen LogP) is 5.57. The van der Waals surface area contributed by atoms with Gasteiger partial charge in [0.1, 0.15) is 0 Å². The number of benzene rings is 2. The Morgan fingerprint density at radius 3 is 2.56 bits per heavy atom. The smallest absolute Gasteiger partial charge is 0.0511 e. The van der Waals surface area contributed by atoms with Crippen molar-refractivity contribution in [3.05, 3.63) is 69.6 Å². The van der Waals surface area contributed by atoms with Crippen LogP contribution < -0.4 is 0 Å². The molecular weight excluding hydrogens is 266 g/mol. The Morgan fingerprint density at radius 2 is 1.83 bits per heavy atom. The van der Waals surface area contributed by atoms with Gasteiger partial charge in [0.2, 0.25) is 0 Å². The lowest BCUT2D eigenvalue weighted by Crippen LogP contribution is -1.80. The second-order valence-electron chi connectivity index (χ2n) is 3.57. The van der Waals surface area contributed by atoms with Gasteiger partial charge >= 0.3 is 0 Å². The topological polar surface area (TPSA) is 48.8 Å². The normalized spacial score (nSPS) is 9.83. The maximum atomic E-state index is 8.49. The van der Waals surface area contributed by atoms with Crippen molar-refractivity contribution in [1.82, 2.24) is 0 Å². The largest absolute Gasteiger partial charge is 0.121 e. The molecule has 0 aliphatic carbocycles. The molecule has 0 bridgehead atoms. The molecule has 0 unspecified atom stereocenters. The number of halogens is 1. The zero-order valence-corrected chi connectivity index (χ0v) is 11.0. The molecule has 0 radical (unpaired) electrons. The van der Waals surface area contributed by atoms with E-state index in [1.165, 1.54) is 5.56 Å². The van der Waals surface area contributed by atoms with Gasteiger partial charge in [-0.1, -0.05) is 47.0 Å². The van der Waals surface area contributed by atoms with Crippen LogP contribution in [0.5, 0.6) is 0 Å². The van der Waals surface area contributed by atoms with Crippen LogP contribution in [0, 0.1) is 0 Å². The first-order chi connectivity index (χ1) is 8.79. The van der Waals surface area contributed by atoms with Crippen molar-refractivity contribution in [2.45, 2.75) is 10.6 Å². The van der Waals surface area contributed by atoms with Crippen molar-refractivity contribution in [2.24, 2.45) is 5.11 Å². The van der Waals surface area contributed by atoms with Crippen LogP contribution in [0.1, 0.15) is 5.56 Å². The fourth-order valence-corrected chi connectivity index (χ4v) is 2.52.